The molecule has 0 unspecified atom stereocenters. The molecule has 1 aromatic heterocycles. The van der Waals surface area contributed by atoms with E-state index in [0.29, 0.717) is 6.73 Å². The van der Waals surface area contributed by atoms with Crippen molar-refractivity contribution >= 4 is 11.0 Å². The topological polar surface area (TPSA) is 34.4 Å². The first-order valence-corrected chi connectivity index (χ1v) is 5.81. The molecule has 0 atom stereocenters. The van der Waals surface area contributed by atoms with Crippen LogP contribution in [0.3, 0.4) is 0 Å². The molecular formula is C14H19NO2. The molecule has 2 aromatic rings. The Morgan fingerprint density at radius 1 is 1.29 bits per heavy atom. The number of ether oxygens (including phenoxy) is 1. The van der Waals surface area contributed by atoms with E-state index in [1.807, 2.05) is 24.5 Å². The Bertz CT molecular complexity index is 488. The summed E-state index contributed by atoms with van der Waals surface area (Å²) in [5, 5.41) is 4.46. The average molecular weight is 233 g/mol. The van der Waals surface area contributed by atoms with Crippen LogP contribution in [0.4, 0.5) is 0 Å². The molecule has 3 nitrogen and oxygen atoms in total. The van der Waals surface area contributed by atoms with Crippen LogP contribution in [0.1, 0.15) is 19.4 Å². The lowest BCUT2D eigenvalue weighted by Gasteiger charge is -2.24. The molecule has 0 fully saturated rings. The van der Waals surface area contributed by atoms with Crippen LogP contribution in [0, 0.1) is 0 Å². The van der Waals surface area contributed by atoms with Crippen LogP contribution in [0.5, 0.6) is 0 Å². The highest BCUT2D eigenvalue weighted by Gasteiger charge is 2.24. The molecule has 3 heteroatoms. The molecule has 0 saturated heterocycles. The van der Waals surface area contributed by atoms with E-state index < -0.39 is 0 Å². The van der Waals surface area contributed by atoms with Crippen LogP contribution in [0.15, 0.2) is 34.9 Å². The van der Waals surface area contributed by atoms with Gasteiger partial charge in [0.2, 0.25) is 0 Å². The Morgan fingerprint density at radius 3 is 2.82 bits per heavy atom. The highest BCUT2D eigenvalue weighted by Crippen LogP contribution is 2.31. The van der Waals surface area contributed by atoms with E-state index in [9.17, 15) is 0 Å². The second kappa shape index (κ2) is 4.90. The van der Waals surface area contributed by atoms with Gasteiger partial charge in [0.05, 0.1) is 13.0 Å². The lowest BCUT2D eigenvalue weighted by Crippen LogP contribution is -2.33. The fraction of sp³-hybridized carbons (Fsp3) is 0.429. The van der Waals surface area contributed by atoms with Crippen molar-refractivity contribution in [1.29, 1.82) is 0 Å². The van der Waals surface area contributed by atoms with Gasteiger partial charge in [0, 0.05) is 30.0 Å². The van der Waals surface area contributed by atoms with E-state index in [1.54, 1.807) is 7.11 Å². The van der Waals surface area contributed by atoms with Crippen molar-refractivity contribution in [1.82, 2.24) is 5.32 Å². The molecule has 0 spiro atoms. The van der Waals surface area contributed by atoms with Gasteiger partial charge in [-0.15, -0.1) is 0 Å². The van der Waals surface area contributed by atoms with Gasteiger partial charge in [0.25, 0.3) is 0 Å². The van der Waals surface area contributed by atoms with E-state index in [0.717, 1.165) is 12.1 Å². The number of fused-ring (bicyclic) bond motifs is 1. The van der Waals surface area contributed by atoms with Crippen molar-refractivity contribution in [2.45, 2.75) is 19.3 Å². The molecule has 2 rings (SSSR count). The van der Waals surface area contributed by atoms with Gasteiger partial charge in [-0.3, -0.25) is 5.32 Å². The van der Waals surface area contributed by atoms with Crippen LogP contribution in [0.25, 0.3) is 11.0 Å². The molecular weight excluding hydrogens is 214 g/mol. The molecule has 1 aromatic carbocycles. The summed E-state index contributed by atoms with van der Waals surface area (Å²) in [6.45, 7) is 5.82. The fourth-order valence-corrected chi connectivity index (χ4v) is 2.06. The zero-order chi connectivity index (χ0) is 12.3. The minimum atomic E-state index is 0.0190. The molecule has 0 radical (unpaired) electrons. The van der Waals surface area contributed by atoms with Gasteiger partial charge in [0.1, 0.15) is 5.58 Å². The average Bonchev–Trinajstić information content (AvgIpc) is 2.73. The molecule has 0 aliphatic heterocycles. The molecule has 0 amide bonds. The quantitative estimate of drug-likeness (QED) is 0.637. The van der Waals surface area contributed by atoms with Gasteiger partial charge in [-0.1, -0.05) is 32.0 Å². The van der Waals surface area contributed by atoms with Gasteiger partial charge in [-0.2, -0.15) is 0 Å². The summed E-state index contributed by atoms with van der Waals surface area (Å²) in [5.74, 6) is 0. The number of nitrogens with one attached hydrogen (secondary N) is 1. The van der Waals surface area contributed by atoms with E-state index in [1.165, 1.54) is 10.9 Å². The van der Waals surface area contributed by atoms with E-state index in [4.69, 9.17) is 9.15 Å². The van der Waals surface area contributed by atoms with Crippen molar-refractivity contribution in [2.24, 2.45) is 0 Å². The SMILES string of the molecule is COCNCC(C)(C)c1coc2ccccc12. The Morgan fingerprint density at radius 2 is 2.06 bits per heavy atom. The van der Waals surface area contributed by atoms with Crippen molar-refractivity contribution in [3.63, 3.8) is 0 Å². The minimum Gasteiger partial charge on any atom is -0.464 e. The second-order valence-corrected chi connectivity index (χ2v) is 4.89. The molecule has 0 aliphatic rings. The zero-order valence-electron chi connectivity index (χ0n) is 10.6. The Kier molecular flexibility index (Phi) is 3.50. The monoisotopic (exact) mass is 233 g/mol. The zero-order valence-corrected chi connectivity index (χ0v) is 10.6. The van der Waals surface area contributed by atoms with E-state index in [-0.39, 0.29) is 5.41 Å². The normalized spacial score (nSPS) is 12.2. The molecule has 1 N–H and O–H groups in total. The largest absolute Gasteiger partial charge is 0.464 e. The second-order valence-electron chi connectivity index (χ2n) is 4.89. The third kappa shape index (κ3) is 2.51. The maximum Gasteiger partial charge on any atom is 0.134 e. The summed E-state index contributed by atoms with van der Waals surface area (Å²) in [4.78, 5) is 0. The standard InChI is InChI=1S/C14H19NO2/c1-14(2,9-15-10-16-3)12-8-17-13-7-5-4-6-11(12)13/h4-8,15H,9-10H2,1-3H3. The number of rotatable bonds is 5. The minimum absolute atomic E-state index is 0.0190. The first-order valence-electron chi connectivity index (χ1n) is 5.81. The third-order valence-corrected chi connectivity index (χ3v) is 3.02. The maximum absolute atomic E-state index is 5.58. The van der Waals surface area contributed by atoms with Crippen LogP contribution in [-0.4, -0.2) is 20.4 Å². The van der Waals surface area contributed by atoms with Gasteiger partial charge >= 0.3 is 0 Å². The number of benzene rings is 1. The van der Waals surface area contributed by atoms with Crippen LogP contribution >= 0.6 is 0 Å². The predicted octanol–water partition coefficient (Wildman–Crippen LogP) is 2.90. The summed E-state index contributed by atoms with van der Waals surface area (Å²) in [6, 6.07) is 8.13. The van der Waals surface area contributed by atoms with E-state index in [2.05, 4.69) is 25.2 Å². The molecule has 1 heterocycles. The van der Waals surface area contributed by atoms with Crippen LogP contribution < -0.4 is 5.32 Å². The first kappa shape index (κ1) is 12.1. The highest BCUT2D eigenvalue weighted by molar-refractivity contribution is 5.82. The molecule has 0 aliphatic carbocycles. The number of para-hydroxylation sites is 1. The van der Waals surface area contributed by atoms with Crippen molar-refractivity contribution in [2.75, 3.05) is 20.4 Å². The summed E-state index contributed by atoms with van der Waals surface area (Å²) < 4.78 is 10.6. The van der Waals surface area contributed by atoms with Gasteiger partial charge in [-0.05, 0) is 6.07 Å². The smallest absolute Gasteiger partial charge is 0.134 e. The lowest BCUT2D eigenvalue weighted by atomic mass is 9.84. The van der Waals surface area contributed by atoms with Crippen LogP contribution in [0.2, 0.25) is 0 Å². The van der Waals surface area contributed by atoms with E-state index >= 15 is 0 Å². The van der Waals surface area contributed by atoms with Crippen molar-refractivity contribution in [3.8, 4) is 0 Å². The van der Waals surface area contributed by atoms with Gasteiger partial charge in [0.15, 0.2) is 0 Å². The summed E-state index contributed by atoms with van der Waals surface area (Å²) >= 11 is 0. The van der Waals surface area contributed by atoms with Crippen molar-refractivity contribution in [3.05, 3.63) is 36.1 Å². The summed E-state index contributed by atoms with van der Waals surface area (Å²) in [6.07, 6.45) is 1.86. The molecule has 17 heavy (non-hydrogen) atoms. The van der Waals surface area contributed by atoms with Crippen molar-refractivity contribution < 1.29 is 9.15 Å². The number of hydrogen-bond donors (Lipinski definition) is 1. The molecule has 92 valence electrons. The number of furan rings is 1. The fourth-order valence-electron chi connectivity index (χ4n) is 2.06. The lowest BCUT2D eigenvalue weighted by molar-refractivity contribution is 0.169. The number of hydrogen-bond acceptors (Lipinski definition) is 3. The first-order chi connectivity index (χ1) is 8.15. The Hall–Kier alpha value is -1.32. The predicted molar refractivity (Wildman–Crippen MR) is 69.1 cm³/mol. The van der Waals surface area contributed by atoms with Crippen LogP contribution in [-0.2, 0) is 10.2 Å². The Labute approximate surface area is 102 Å². The Balaban J connectivity index is 2.25. The summed E-state index contributed by atoms with van der Waals surface area (Å²) in [5.41, 5.74) is 2.20. The molecule has 0 bridgehead atoms. The molecule has 0 saturated carbocycles. The summed E-state index contributed by atoms with van der Waals surface area (Å²) in [7, 11) is 1.69. The maximum atomic E-state index is 5.58. The highest BCUT2D eigenvalue weighted by atomic mass is 16.5. The van der Waals surface area contributed by atoms with Gasteiger partial charge < -0.3 is 9.15 Å². The number of methoxy groups -OCH3 is 1. The third-order valence-electron chi connectivity index (χ3n) is 3.02. The van der Waals surface area contributed by atoms with Gasteiger partial charge in [-0.25, -0.2) is 0 Å².